The van der Waals surface area contributed by atoms with Gasteiger partial charge in [-0.15, -0.1) is 11.6 Å². The third-order valence-corrected chi connectivity index (χ3v) is 2.44. The molecule has 0 fully saturated rings. The number of pyridine rings is 1. The second-order valence-electron chi connectivity index (χ2n) is 3.06. The van der Waals surface area contributed by atoms with Gasteiger partial charge in [0, 0.05) is 17.5 Å². The molecule has 1 nitrogen and oxygen atoms in total. The molecule has 0 spiro atoms. The summed E-state index contributed by atoms with van der Waals surface area (Å²) in [4.78, 5) is 4.01. The summed E-state index contributed by atoms with van der Waals surface area (Å²) in [6.07, 6.45) is 2.40. The second-order valence-corrected chi connectivity index (χ2v) is 3.75. The third-order valence-electron chi connectivity index (χ3n) is 2.13. The van der Waals surface area contributed by atoms with Crippen molar-refractivity contribution in [3.05, 3.63) is 29.8 Å². The van der Waals surface area contributed by atoms with Crippen LogP contribution in [0.4, 0.5) is 4.39 Å². The topological polar surface area (TPSA) is 12.9 Å². The molecule has 0 saturated heterocycles. The zero-order valence-corrected chi connectivity index (χ0v) is 8.55. The van der Waals surface area contributed by atoms with E-state index in [1.807, 2.05) is 13.8 Å². The number of hydrogen-bond acceptors (Lipinski definition) is 1. The van der Waals surface area contributed by atoms with Crippen molar-refractivity contribution in [1.82, 2.24) is 4.98 Å². The van der Waals surface area contributed by atoms with Crippen molar-refractivity contribution < 1.29 is 4.39 Å². The standard InChI is InChI=1S/C10H13ClFN/c1-3-8(7(2)11)10-9(12)5-4-6-13-10/h4-8H,3H2,1-2H3. The molecule has 0 N–H and O–H groups in total. The van der Waals surface area contributed by atoms with Crippen molar-refractivity contribution >= 4 is 11.6 Å². The van der Waals surface area contributed by atoms with Crippen LogP contribution in [0.1, 0.15) is 31.9 Å². The Morgan fingerprint density at radius 3 is 2.77 bits per heavy atom. The highest BCUT2D eigenvalue weighted by Crippen LogP contribution is 2.26. The molecule has 0 aliphatic heterocycles. The van der Waals surface area contributed by atoms with Crippen molar-refractivity contribution in [3.63, 3.8) is 0 Å². The summed E-state index contributed by atoms with van der Waals surface area (Å²) in [7, 11) is 0. The minimum atomic E-state index is -0.262. The van der Waals surface area contributed by atoms with Gasteiger partial charge < -0.3 is 0 Å². The van der Waals surface area contributed by atoms with Crippen molar-refractivity contribution in [3.8, 4) is 0 Å². The first kappa shape index (κ1) is 10.5. The molecule has 0 bridgehead atoms. The molecule has 0 saturated carbocycles. The SMILES string of the molecule is CCC(c1ncccc1F)C(C)Cl. The van der Waals surface area contributed by atoms with E-state index < -0.39 is 0 Å². The van der Waals surface area contributed by atoms with Gasteiger partial charge in [-0.05, 0) is 25.5 Å². The minimum absolute atomic E-state index is 0.00265. The van der Waals surface area contributed by atoms with Crippen LogP contribution in [-0.2, 0) is 0 Å². The van der Waals surface area contributed by atoms with Crippen LogP contribution in [0.25, 0.3) is 0 Å². The Bertz CT molecular complexity index is 275. The molecule has 0 radical (unpaired) electrons. The van der Waals surface area contributed by atoms with Gasteiger partial charge in [-0.2, -0.15) is 0 Å². The third kappa shape index (κ3) is 2.41. The molecular formula is C10H13ClFN. The Hall–Kier alpha value is -0.630. The molecule has 2 unspecified atom stereocenters. The minimum Gasteiger partial charge on any atom is -0.258 e. The second kappa shape index (κ2) is 4.56. The molecule has 0 aromatic carbocycles. The van der Waals surface area contributed by atoms with Gasteiger partial charge in [0.15, 0.2) is 0 Å². The van der Waals surface area contributed by atoms with Crippen LogP contribution >= 0.6 is 11.6 Å². The molecule has 13 heavy (non-hydrogen) atoms. The van der Waals surface area contributed by atoms with E-state index in [4.69, 9.17) is 11.6 Å². The van der Waals surface area contributed by atoms with E-state index in [0.29, 0.717) is 5.69 Å². The summed E-state index contributed by atoms with van der Waals surface area (Å²) in [6.45, 7) is 3.85. The highest BCUT2D eigenvalue weighted by atomic mass is 35.5. The molecule has 1 heterocycles. The summed E-state index contributed by atoms with van der Waals surface area (Å²) in [5.74, 6) is -0.260. The molecule has 72 valence electrons. The molecule has 0 amide bonds. The van der Waals surface area contributed by atoms with Crippen molar-refractivity contribution in [2.75, 3.05) is 0 Å². The number of aromatic nitrogens is 1. The first-order chi connectivity index (χ1) is 6.16. The average molecular weight is 202 g/mol. The summed E-state index contributed by atoms with van der Waals surface area (Å²) in [5.41, 5.74) is 0.479. The van der Waals surface area contributed by atoms with E-state index in [1.165, 1.54) is 6.07 Å². The highest BCUT2D eigenvalue weighted by Gasteiger charge is 2.19. The maximum Gasteiger partial charge on any atom is 0.145 e. The van der Waals surface area contributed by atoms with Crippen LogP contribution in [0.2, 0.25) is 0 Å². The Kier molecular flexibility index (Phi) is 3.67. The number of nitrogens with zero attached hydrogens (tertiary/aromatic N) is 1. The molecule has 3 heteroatoms. The summed E-state index contributed by atoms with van der Waals surface area (Å²) in [6, 6.07) is 3.01. The van der Waals surface area contributed by atoms with Crippen LogP contribution in [-0.4, -0.2) is 10.4 Å². The van der Waals surface area contributed by atoms with Gasteiger partial charge in [0.25, 0.3) is 0 Å². The van der Waals surface area contributed by atoms with E-state index in [-0.39, 0.29) is 17.1 Å². The number of halogens is 2. The molecule has 1 aromatic heterocycles. The summed E-state index contributed by atoms with van der Waals surface area (Å²) in [5, 5.41) is -0.0885. The summed E-state index contributed by atoms with van der Waals surface area (Å²) < 4.78 is 13.3. The molecule has 1 rings (SSSR count). The molecule has 1 aromatic rings. The predicted octanol–water partition coefficient (Wildman–Crippen LogP) is 3.34. The van der Waals surface area contributed by atoms with E-state index in [9.17, 15) is 4.39 Å². The Labute approximate surface area is 82.9 Å². The van der Waals surface area contributed by atoms with Crippen LogP contribution in [0.5, 0.6) is 0 Å². The fourth-order valence-electron chi connectivity index (χ4n) is 1.41. The quantitative estimate of drug-likeness (QED) is 0.684. The monoisotopic (exact) mass is 201 g/mol. The van der Waals surface area contributed by atoms with Gasteiger partial charge in [-0.25, -0.2) is 4.39 Å². The lowest BCUT2D eigenvalue weighted by atomic mass is 9.98. The fraction of sp³-hybridized carbons (Fsp3) is 0.500. The van der Waals surface area contributed by atoms with Gasteiger partial charge in [0.05, 0.1) is 5.69 Å². The van der Waals surface area contributed by atoms with Crippen LogP contribution in [0.15, 0.2) is 18.3 Å². The maximum absolute atomic E-state index is 13.3. The van der Waals surface area contributed by atoms with E-state index in [1.54, 1.807) is 12.3 Å². The van der Waals surface area contributed by atoms with Gasteiger partial charge in [-0.3, -0.25) is 4.98 Å². The van der Waals surface area contributed by atoms with Gasteiger partial charge in [-0.1, -0.05) is 6.92 Å². The maximum atomic E-state index is 13.3. The molecule has 0 aliphatic rings. The Balaban J connectivity index is 2.97. The lowest BCUT2D eigenvalue weighted by Gasteiger charge is -2.16. The highest BCUT2D eigenvalue weighted by molar-refractivity contribution is 6.20. The average Bonchev–Trinajstić information content (AvgIpc) is 2.09. The Morgan fingerprint density at radius 2 is 2.31 bits per heavy atom. The van der Waals surface area contributed by atoms with Gasteiger partial charge in [0.1, 0.15) is 5.82 Å². The molecule has 2 atom stereocenters. The lowest BCUT2D eigenvalue weighted by molar-refractivity contribution is 0.544. The smallest absolute Gasteiger partial charge is 0.145 e. The first-order valence-electron chi connectivity index (χ1n) is 4.41. The molecule has 0 aliphatic carbocycles. The number of alkyl halides is 1. The van der Waals surface area contributed by atoms with E-state index >= 15 is 0 Å². The number of rotatable bonds is 3. The van der Waals surface area contributed by atoms with Crippen molar-refractivity contribution in [2.24, 2.45) is 0 Å². The van der Waals surface area contributed by atoms with Crippen LogP contribution in [0.3, 0.4) is 0 Å². The van der Waals surface area contributed by atoms with Crippen LogP contribution < -0.4 is 0 Å². The summed E-state index contributed by atoms with van der Waals surface area (Å²) >= 11 is 5.94. The van der Waals surface area contributed by atoms with E-state index in [2.05, 4.69) is 4.98 Å². The lowest BCUT2D eigenvalue weighted by Crippen LogP contribution is -2.11. The van der Waals surface area contributed by atoms with E-state index in [0.717, 1.165) is 6.42 Å². The van der Waals surface area contributed by atoms with Gasteiger partial charge in [0.2, 0.25) is 0 Å². The zero-order chi connectivity index (χ0) is 9.84. The Morgan fingerprint density at radius 1 is 1.62 bits per heavy atom. The largest absolute Gasteiger partial charge is 0.258 e. The normalized spacial score (nSPS) is 15.4. The van der Waals surface area contributed by atoms with Crippen molar-refractivity contribution in [2.45, 2.75) is 31.6 Å². The number of hydrogen-bond donors (Lipinski definition) is 0. The van der Waals surface area contributed by atoms with Crippen LogP contribution in [0, 0.1) is 5.82 Å². The molecular weight excluding hydrogens is 189 g/mol. The first-order valence-corrected chi connectivity index (χ1v) is 4.85. The zero-order valence-electron chi connectivity index (χ0n) is 7.80. The fourth-order valence-corrected chi connectivity index (χ4v) is 1.70. The van der Waals surface area contributed by atoms with Gasteiger partial charge >= 0.3 is 0 Å². The van der Waals surface area contributed by atoms with Crippen molar-refractivity contribution in [1.29, 1.82) is 0 Å². The predicted molar refractivity (Wildman–Crippen MR) is 52.5 cm³/mol.